The van der Waals surface area contributed by atoms with Crippen molar-refractivity contribution in [2.75, 3.05) is 32.8 Å². The van der Waals surface area contributed by atoms with Crippen molar-refractivity contribution in [1.82, 2.24) is 15.5 Å². The van der Waals surface area contributed by atoms with Crippen LogP contribution < -0.4 is 10.6 Å². The van der Waals surface area contributed by atoms with Crippen LogP contribution >= 0.6 is 11.3 Å². The van der Waals surface area contributed by atoms with Gasteiger partial charge in [0.2, 0.25) is 0 Å². The van der Waals surface area contributed by atoms with Gasteiger partial charge >= 0.3 is 6.03 Å². The van der Waals surface area contributed by atoms with E-state index in [0.29, 0.717) is 25.0 Å². The molecule has 0 unspecified atom stereocenters. The van der Waals surface area contributed by atoms with E-state index in [1.807, 2.05) is 11.3 Å². The molecule has 2 aliphatic heterocycles. The molecule has 0 bridgehead atoms. The second-order valence-electron chi connectivity index (χ2n) is 6.26. The van der Waals surface area contributed by atoms with E-state index in [-0.39, 0.29) is 6.03 Å². The number of hydrogen-bond acceptors (Lipinski definition) is 4. The van der Waals surface area contributed by atoms with Crippen molar-refractivity contribution < 1.29 is 9.53 Å². The molecule has 1 aromatic rings. The van der Waals surface area contributed by atoms with E-state index in [1.165, 1.54) is 10.4 Å². The molecule has 3 heterocycles. The fraction of sp³-hybridized carbons (Fsp3) is 0.688. The predicted octanol–water partition coefficient (Wildman–Crippen LogP) is 1.83. The summed E-state index contributed by atoms with van der Waals surface area (Å²) in [6, 6.07) is 2.52. The van der Waals surface area contributed by atoms with Crippen molar-refractivity contribution in [1.29, 1.82) is 0 Å². The number of rotatable bonds is 5. The highest BCUT2D eigenvalue weighted by Gasteiger charge is 2.22. The minimum absolute atomic E-state index is 0.0630. The van der Waals surface area contributed by atoms with Gasteiger partial charge in [0.1, 0.15) is 0 Å². The molecule has 22 heavy (non-hydrogen) atoms. The molecule has 6 heteroatoms. The largest absolute Gasteiger partial charge is 0.381 e. The third kappa shape index (κ3) is 4.00. The van der Waals surface area contributed by atoms with Crippen molar-refractivity contribution in [2.24, 2.45) is 5.92 Å². The lowest BCUT2D eigenvalue weighted by molar-refractivity contribution is 0.182. The van der Waals surface area contributed by atoms with Gasteiger partial charge in [0.05, 0.1) is 6.61 Å². The molecule has 0 aromatic carbocycles. The molecule has 2 aliphatic rings. The molecular weight excluding hydrogens is 298 g/mol. The van der Waals surface area contributed by atoms with Crippen LogP contribution in [-0.4, -0.2) is 49.8 Å². The summed E-state index contributed by atoms with van der Waals surface area (Å²) in [5, 5.41) is 8.12. The van der Waals surface area contributed by atoms with Crippen LogP contribution in [0.1, 0.15) is 23.8 Å². The molecule has 5 nitrogen and oxygen atoms in total. The van der Waals surface area contributed by atoms with Crippen LogP contribution in [0.4, 0.5) is 4.79 Å². The fourth-order valence-corrected chi connectivity index (χ4v) is 3.95. The lowest BCUT2D eigenvalue weighted by atomic mass is 10.1. The van der Waals surface area contributed by atoms with Crippen LogP contribution in [0.2, 0.25) is 0 Å². The highest BCUT2D eigenvalue weighted by atomic mass is 32.1. The third-order valence-electron chi connectivity index (χ3n) is 4.59. The van der Waals surface area contributed by atoms with Crippen molar-refractivity contribution in [3.63, 3.8) is 0 Å². The normalized spacial score (nSPS) is 23.0. The lowest BCUT2D eigenvalue weighted by Gasteiger charge is -2.32. The monoisotopic (exact) mass is 323 g/mol. The standard InChI is InChI=1S/C16H25N3O2S/c1-12(19-5-2-15-14(10-19)4-7-22-15)8-17-16(20)18-9-13-3-6-21-11-13/h4,7,12-13H,2-3,5-6,8-11H2,1H3,(H2,17,18,20)/t12-,13-/m0/s1. The molecule has 2 amide bonds. The van der Waals surface area contributed by atoms with Gasteiger partial charge in [-0.2, -0.15) is 0 Å². The first kappa shape index (κ1) is 15.8. The maximum atomic E-state index is 11.9. The predicted molar refractivity (Wildman–Crippen MR) is 88.2 cm³/mol. The minimum atomic E-state index is -0.0630. The van der Waals surface area contributed by atoms with Gasteiger partial charge in [-0.3, -0.25) is 4.90 Å². The number of ether oxygens (including phenoxy) is 1. The molecule has 1 saturated heterocycles. The second-order valence-corrected chi connectivity index (χ2v) is 7.26. The summed E-state index contributed by atoms with van der Waals surface area (Å²) in [5.41, 5.74) is 1.45. The van der Waals surface area contributed by atoms with Gasteiger partial charge in [-0.15, -0.1) is 11.3 Å². The molecule has 1 aromatic heterocycles. The molecule has 2 atom stereocenters. The molecule has 1 fully saturated rings. The quantitative estimate of drug-likeness (QED) is 0.869. The van der Waals surface area contributed by atoms with Crippen molar-refractivity contribution in [3.05, 3.63) is 21.9 Å². The number of nitrogens with one attached hydrogen (secondary N) is 2. The van der Waals surface area contributed by atoms with E-state index in [0.717, 1.165) is 39.1 Å². The molecular formula is C16H25N3O2S. The smallest absolute Gasteiger partial charge is 0.314 e. The van der Waals surface area contributed by atoms with Crippen LogP contribution in [0, 0.1) is 5.92 Å². The third-order valence-corrected chi connectivity index (χ3v) is 5.62. The highest BCUT2D eigenvalue weighted by Crippen LogP contribution is 2.24. The zero-order chi connectivity index (χ0) is 15.4. The number of hydrogen-bond donors (Lipinski definition) is 2. The molecule has 2 N–H and O–H groups in total. The molecule has 0 spiro atoms. The maximum Gasteiger partial charge on any atom is 0.314 e. The number of carbonyl (C=O) groups excluding carboxylic acids is 1. The molecule has 3 rings (SSSR count). The summed E-state index contributed by atoms with van der Waals surface area (Å²) in [6.45, 7) is 7.26. The molecule has 0 saturated carbocycles. The number of thiophene rings is 1. The van der Waals surface area contributed by atoms with E-state index < -0.39 is 0 Å². The van der Waals surface area contributed by atoms with Gasteiger partial charge in [0.15, 0.2) is 0 Å². The van der Waals surface area contributed by atoms with Crippen LogP contribution in [0.5, 0.6) is 0 Å². The SMILES string of the molecule is C[C@@H](CNC(=O)NC[C@@H]1CCOC1)N1CCc2sccc2C1. The first-order chi connectivity index (χ1) is 10.7. The first-order valence-electron chi connectivity index (χ1n) is 8.11. The molecule has 0 aliphatic carbocycles. The Kier molecular flexibility index (Phi) is 5.33. The van der Waals surface area contributed by atoms with Gasteiger partial charge in [-0.1, -0.05) is 0 Å². The summed E-state index contributed by atoms with van der Waals surface area (Å²) >= 11 is 1.86. The summed E-state index contributed by atoms with van der Waals surface area (Å²) in [5.74, 6) is 0.474. The number of fused-ring (bicyclic) bond motifs is 1. The van der Waals surface area contributed by atoms with Crippen molar-refractivity contribution in [3.8, 4) is 0 Å². The van der Waals surface area contributed by atoms with Gasteiger partial charge in [-0.05, 0) is 36.8 Å². The maximum absolute atomic E-state index is 11.9. The Hall–Kier alpha value is -1.11. The van der Waals surface area contributed by atoms with Gasteiger partial charge < -0.3 is 15.4 Å². The fourth-order valence-electron chi connectivity index (χ4n) is 3.06. The van der Waals surface area contributed by atoms with Crippen molar-refractivity contribution in [2.45, 2.75) is 32.4 Å². The Morgan fingerprint density at radius 3 is 3.27 bits per heavy atom. The number of urea groups is 1. The Labute approximate surface area is 136 Å². The summed E-state index contributed by atoms with van der Waals surface area (Å²) < 4.78 is 5.31. The summed E-state index contributed by atoms with van der Waals surface area (Å²) in [6.07, 6.45) is 2.18. The Balaban J connectivity index is 1.37. The van der Waals surface area contributed by atoms with E-state index >= 15 is 0 Å². The van der Waals surface area contributed by atoms with E-state index in [9.17, 15) is 4.79 Å². The lowest BCUT2D eigenvalue weighted by Crippen LogP contribution is -2.47. The number of nitrogens with zero attached hydrogens (tertiary/aromatic N) is 1. The minimum Gasteiger partial charge on any atom is -0.381 e. The molecule has 0 radical (unpaired) electrons. The van der Waals surface area contributed by atoms with E-state index in [2.05, 4.69) is 33.9 Å². The number of amides is 2. The first-order valence-corrected chi connectivity index (χ1v) is 8.99. The average molecular weight is 323 g/mol. The molecule has 122 valence electrons. The van der Waals surface area contributed by atoms with E-state index in [4.69, 9.17) is 4.74 Å². The number of carbonyl (C=O) groups is 1. The topological polar surface area (TPSA) is 53.6 Å². The van der Waals surface area contributed by atoms with Crippen molar-refractivity contribution >= 4 is 17.4 Å². The van der Waals surface area contributed by atoms with Crippen LogP contribution in [-0.2, 0) is 17.7 Å². The Bertz CT molecular complexity index is 499. The van der Waals surface area contributed by atoms with Gasteiger partial charge in [0.25, 0.3) is 0 Å². The average Bonchev–Trinajstić information content (AvgIpc) is 3.20. The zero-order valence-electron chi connectivity index (χ0n) is 13.1. The highest BCUT2D eigenvalue weighted by molar-refractivity contribution is 7.10. The Morgan fingerprint density at radius 2 is 2.45 bits per heavy atom. The zero-order valence-corrected chi connectivity index (χ0v) is 14.0. The van der Waals surface area contributed by atoms with Crippen LogP contribution in [0.3, 0.4) is 0 Å². The second kappa shape index (κ2) is 7.44. The summed E-state index contributed by atoms with van der Waals surface area (Å²) in [4.78, 5) is 15.8. The van der Waals surface area contributed by atoms with E-state index in [1.54, 1.807) is 0 Å². The summed E-state index contributed by atoms with van der Waals surface area (Å²) in [7, 11) is 0. The Morgan fingerprint density at radius 1 is 1.55 bits per heavy atom. The van der Waals surface area contributed by atoms with Crippen LogP contribution in [0.25, 0.3) is 0 Å². The van der Waals surface area contributed by atoms with Crippen LogP contribution in [0.15, 0.2) is 11.4 Å². The van der Waals surface area contributed by atoms with Gasteiger partial charge in [0, 0.05) is 49.6 Å². The van der Waals surface area contributed by atoms with Gasteiger partial charge in [-0.25, -0.2) is 4.79 Å².